The molecular weight excluding hydrogens is 388 g/mol. The fourth-order valence-corrected chi connectivity index (χ4v) is 4.47. The van der Waals surface area contributed by atoms with Crippen LogP contribution in [-0.2, 0) is 19.4 Å². The van der Waals surface area contributed by atoms with Crippen molar-refractivity contribution < 1.29 is 27.7 Å². The topological polar surface area (TPSA) is 133 Å². The van der Waals surface area contributed by atoms with Crippen molar-refractivity contribution >= 4 is 27.4 Å². The van der Waals surface area contributed by atoms with Gasteiger partial charge < -0.3 is 10.1 Å². The average molecular weight is 412 g/mol. The molecule has 0 aromatic heterocycles. The van der Waals surface area contributed by atoms with Crippen LogP contribution in [-0.4, -0.2) is 43.6 Å². The lowest BCUT2D eigenvalue weighted by Gasteiger charge is -2.16. The lowest BCUT2D eigenvalue weighted by atomic mass is 10.1. The van der Waals surface area contributed by atoms with Crippen LogP contribution in [0.1, 0.15) is 55.8 Å². The molecule has 0 aliphatic heterocycles. The average Bonchev–Trinajstić information content (AvgIpc) is 2.89. The summed E-state index contributed by atoms with van der Waals surface area (Å²) in [7, 11) is -4.28. The van der Waals surface area contributed by atoms with Crippen LogP contribution >= 0.6 is 0 Å². The highest BCUT2D eigenvalue weighted by molar-refractivity contribution is 7.92. The lowest BCUT2D eigenvalue weighted by Crippen LogP contribution is -2.34. The molecule has 0 spiro atoms. The first kappa shape index (κ1) is 21.8. The summed E-state index contributed by atoms with van der Waals surface area (Å²) in [5.74, 6) is -2.48. The summed E-state index contributed by atoms with van der Waals surface area (Å²) in [6, 6.07) is 3.15. The minimum atomic E-state index is -4.28. The zero-order valence-electron chi connectivity index (χ0n) is 15.7. The molecule has 28 heavy (non-hydrogen) atoms. The Labute approximate surface area is 163 Å². The number of hydrogen-bond acceptors (Lipinski definition) is 7. The molecule has 1 aromatic carbocycles. The van der Waals surface area contributed by atoms with Gasteiger partial charge in [0.15, 0.2) is 15.6 Å². The van der Waals surface area contributed by atoms with Crippen LogP contribution in [0.5, 0.6) is 0 Å². The number of hydrogen-bond donors (Lipinski definition) is 1. The molecule has 0 atom stereocenters. The van der Waals surface area contributed by atoms with Crippen LogP contribution in [0, 0.1) is 10.1 Å². The second-order valence-electron chi connectivity index (χ2n) is 6.67. The van der Waals surface area contributed by atoms with E-state index in [2.05, 4.69) is 10.1 Å². The molecule has 2 rings (SSSR count). The van der Waals surface area contributed by atoms with Crippen molar-refractivity contribution in [3.05, 3.63) is 33.9 Å². The van der Waals surface area contributed by atoms with E-state index in [1.165, 1.54) is 13.0 Å². The third-order valence-corrected chi connectivity index (χ3v) is 6.19. The molecule has 0 radical (unpaired) electrons. The summed E-state index contributed by atoms with van der Waals surface area (Å²) in [5.41, 5.74) is -0.733. The summed E-state index contributed by atoms with van der Waals surface area (Å²) >= 11 is 0. The van der Waals surface area contributed by atoms with Gasteiger partial charge in [-0.05, 0) is 31.9 Å². The van der Waals surface area contributed by atoms with Gasteiger partial charge in [0.1, 0.15) is 4.90 Å². The quantitative estimate of drug-likeness (QED) is 0.315. The second kappa shape index (κ2) is 9.63. The molecule has 1 amide bonds. The van der Waals surface area contributed by atoms with Gasteiger partial charge in [-0.2, -0.15) is 0 Å². The van der Waals surface area contributed by atoms with Gasteiger partial charge in [0.05, 0.1) is 11.5 Å². The Bertz CT molecular complexity index is 843. The molecule has 1 fully saturated rings. The highest BCUT2D eigenvalue weighted by atomic mass is 32.2. The number of nitrogens with zero attached hydrogens (tertiary/aromatic N) is 1. The smallest absolute Gasteiger partial charge is 0.321 e. The normalized spacial score (nSPS) is 15.5. The van der Waals surface area contributed by atoms with Crippen molar-refractivity contribution in [1.82, 2.24) is 5.32 Å². The van der Waals surface area contributed by atoms with Crippen LogP contribution in [0.3, 0.4) is 0 Å². The van der Waals surface area contributed by atoms with Gasteiger partial charge in [-0.15, -0.1) is 0 Å². The van der Waals surface area contributed by atoms with Crippen molar-refractivity contribution in [2.24, 2.45) is 0 Å². The number of carbonyl (C=O) groups excluding carboxylic acids is 2. The summed E-state index contributed by atoms with van der Waals surface area (Å²) in [6.45, 7) is 1.52. The van der Waals surface area contributed by atoms with Gasteiger partial charge in [0.2, 0.25) is 0 Å². The van der Waals surface area contributed by atoms with Crippen molar-refractivity contribution in [1.29, 1.82) is 0 Å². The summed E-state index contributed by atoms with van der Waals surface area (Å²) in [4.78, 5) is 33.9. The Balaban J connectivity index is 2.25. The van der Waals surface area contributed by atoms with E-state index in [9.17, 15) is 28.1 Å². The third-order valence-electron chi connectivity index (χ3n) is 4.56. The number of carbonyl (C=O) groups is 2. The zero-order chi connectivity index (χ0) is 20.7. The molecule has 9 nitrogen and oxygen atoms in total. The van der Waals surface area contributed by atoms with E-state index < -0.39 is 43.0 Å². The molecule has 1 aromatic rings. The number of benzene rings is 1. The van der Waals surface area contributed by atoms with E-state index in [0.717, 1.165) is 50.7 Å². The number of rotatable bonds is 7. The Morgan fingerprint density at radius 1 is 1.21 bits per heavy atom. The maximum Gasteiger partial charge on any atom is 0.321 e. The molecule has 154 valence electrons. The second-order valence-corrected chi connectivity index (χ2v) is 8.62. The Hall–Kier alpha value is -2.49. The predicted molar refractivity (Wildman–Crippen MR) is 101 cm³/mol. The zero-order valence-corrected chi connectivity index (χ0v) is 16.5. The first-order valence-corrected chi connectivity index (χ1v) is 10.9. The van der Waals surface area contributed by atoms with Crippen LogP contribution in [0.2, 0.25) is 0 Å². The molecule has 10 heteroatoms. The Morgan fingerprint density at radius 2 is 1.86 bits per heavy atom. The van der Waals surface area contributed by atoms with Crippen molar-refractivity contribution in [3.8, 4) is 0 Å². The van der Waals surface area contributed by atoms with E-state index in [1.807, 2.05) is 0 Å². The first-order chi connectivity index (χ1) is 13.2. The minimum Gasteiger partial charge on any atom is -0.465 e. The highest BCUT2D eigenvalue weighted by Crippen LogP contribution is 2.27. The van der Waals surface area contributed by atoms with E-state index in [4.69, 9.17) is 0 Å². The number of nitro benzene ring substituents is 1. The van der Waals surface area contributed by atoms with Gasteiger partial charge in [0.25, 0.3) is 11.6 Å². The summed E-state index contributed by atoms with van der Waals surface area (Å²) in [6.07, 6.45) is 5.95. The molecule has 1 aliphatic rings. The molecule has 1 aliphatic carbocycles. The Morgan fingerprint density at radius 3 is 2.43 bits per heavy atom. The SMILES string of the molecule is CCOC(=O)CS(=O)(=O)c1ccc(C(=O)NC2CCCCCC2)cc1[N+](=O)[O-]. The van der Waals surface area contributed by atoms with E-state index in [0.29, 0.717) is 0 Å². The maximum absolute atomic E-state index is 12.5. The summed E-state index contributed by atoms with van der Waals surface area (Å²) < 4.78 is 29.4. The van der Waals surface area contributed by atoms with Gasteiger partial charge in [-0.3, -0.25) is 19.7 Å². The third kappa shape index (κ3) is 5.75. The van der Waals surface area contributed by atoms with Crippen LogP contribution < -0.4 is 5.32 Å². The standard InChI is InChI=1S/C18H24N2O7S/c1-2-27-17(21)12-28(25,26)16-10-9-13(11-15(16)20(23)24)18(22)19-14-7-5-3-4-6-8-14/h9-11,14H,2-8,12H2,1H3,(H,19,22). The lowest BCUT2D eigenvalue weighted by molar-refractivity contribution is -0.387. The van der Waals surface area contributed by atoms with E-state index in [-0.39, 0.29) is 18.2 Å². The largest absolute Gasteiger partial charge is 0.465 e. The van der Waals surface area contributed by atoms with Crippen molar-refractivity contribution in [2.45, 2.75) is 56.4 Å². The first-order valence-electron chi connectivity index (χ1n) is 9.22. The molecule has 1 saturated carbocycles. The minimum absolute atomic E-state index is 0.00118. The number of sulfone groups is 1. The van der Waals surface area contributed by atoms with Crippen LogP contribution in [0.4, 0.5) is 5.69 Å². The molecule has 0 unspecified atom stereocenters. The van der Waals surface area contributed by atoms with Crippen molar-refractivity contribution in [3.63, 3.8) is 0 Å². The molecule has 0 bridgehead atoms. The van der Waals surface area contributed by atoms with Gasteiger partial charge in [-0.1, -0.05) is 25.7 Å². The van der Waals surface area contributed by atoms with E-state index in [1.54, 1.807) is 0 Å². The van der Waals surface area contributed by atoms with Crippen LogP contribution in [0.15, 0.2) is 23.1 Å². The van der Waals surface area contributed by atoms with Gasteiger partial charge >= 0.3 is 5.97 Å². The molecular formula is C18H24N2O7S. The number of nitro groups is 1. The molecule has 0 saturated heterocycles. The number of nitrogens with one attached hydrogen (secondary N) is 1. The fraction of sp³-hybridized carbons (Fsp3) is 0.556. The summed E-state index contributed by atoms with van der Waals surface area (Å²) in [5, 5.41) is 14.2. The predicted octanol–water partition coefficient (Wildman–Crippen LogP) is 2.38. The number of esters is 1. The monoisotopic (exact) mass is 412 g/mol. The van der Waals surface area contributed by atoms with E-state index >= 15 is 0 Å². The van der Waals surface area contributed by atoms with Crippen molar-refractivity contribution in [2.75, 3.05) is 12.4 Å². The number of amides is 1. The number of ether oxygens (including phenoxy) is 1. The molecule has 1 N–H and O–H groups in total. The van der Waals surface area contributed by atoms with Gasteiger partial charge in [-0.25, -0.2) is 8.42 Å². The maximum atomic E-state index is 12.5. The molecule has 0 heterocycles. The van der Waals surface area contributed by atoms with Gasteiger partial charge in [0, 0.05) is 17.7 Å². The Kier molecular flexibility index (Phi) is 7.50. The highest BCUT2D eigenvalue weighted by Gasteiger charge is 2.30. The van der Waals surface area contributed by atoms with Crippen LogP contribution in [0.25, 0.3) is 0 Å². The fourth-order valence-electron chi connectivity index (χ4n) is 3.19.